The van der Waals surface area contributed by atoms with E-state index in [-0.39, 0.29) is 5.82 Å². The normalized spacial score (nSPS) is 11.3. The van der Waals surface area contributed by atoms with Gasteiger partial charge in [0.2, 0.25) is 0 Å². The summed E-state index contributed by atoms with van der Waals surface area (Å²) < 4.78 is 14.2. The summed E-state index contributed by atoms with van der Waals surface area (Å²) in [6.07, 6.45) is 1.96. The fraction of sp³-hybridized carbons (Fsp3) is 0.400. The predicted molar refractivity (Wildman–Crippen MR) is 86.1 cm³/mol. The number of nitrogens with zero attached hydrogens (tertiary/aromatic N) is 1. The average Bonchev–Trinajstić information content (AvgIpc) is 2.82. The van der Waals surface area contributed by atoms with Crippen molar-refractivity contribution in [2.75, 3.05) is 13.3 Å². The Hall–Kier alpha value is -0.910. The lowest BCUT2D eigenvalue weighted by Gasteiger charge is -2.05. The Labute approximate surface area is 127 Å². The molecule has 1 aromatic carbocycles. The van der Waals surface area contributed by atoms with Crippen LogP contribution in [0.4, 0.5) is 4.39 Å². The van der Waals surface area contributed by atoms with Gasteiger partial charge in [0.1, 0.15) is 10.8 Å². The third-order valence-corrected chi connectivity index (χ3v) is 4.89. The van der Waals surface area contributed by atoms with E-state index < -0.39 is 0 Å². The van der Waals surface area contributed by atoms with Crippen molar-refractivity contribution in [3.63, 3.8) is 0 Å². The second-order valence-corrected chi connectivity index (χ2v) is 6.76. The molecule has 0 aliphatic rings. The van der Waals surface area contributed by atoms with E-state index in [1.807, 2.05) is 19.4 Å². The Balaban J connectivity index is 2.56. The number of nitrogens with one attached hydrogen (secondary N) is 1. The maximum absolute atomic E-state index is 14.2. The molecule has 1 aromatic heterocycles. The van der Waals surface area contributed by atoms with Crippen LogP contribution in [0.2, 0.25) is 0 Å². The van der Waals surface area contributed by atoms with Gasteiger partial charge in [0.15, 0.2) is 0 Å². The minimum atomic E-state index is -0.197. The number of aromatic nitrogens is 1. The molecule has 0 aliphatic heterocycles. The van der Waals surface area contributed by atoms with Crippen molar-refractivity contribution in [1.29, 1.82) is 0 Å². The molecular weight excluding hydrogens is 291 g/mol. The van der Waals surface area contributed by atoms with Crippen LogP contribution in [0.25, 0.3) is 10.6 Å². The van der Waals surface area contributed by atoms with Crippen LogP contribution in [0, 0.1) is 5.82 Å². The number of hydrogen-bond donors (Lipinski definition) is 1. The van der Waals surface area contributed by atoms with E-state index in [4.69, 9.17) is 4.98 Å². The Bertz CT molecular complexity index is 594. The Kier molecular flexibility index (Phi) is 5.18. The molecule has 0 unspecified atom stereocenters. The number of thioether (sulfide) groups is 1. The highest BCUT2D eigenvalue weighted by atomic mass is 32.2. The minimum absolute atomic E-state index is 0.197. The lowest BCUT2D eigenvalue weighted by molar-refractivity contribution is 0.628. The first-order valence-corrected chi connectivity index (χ1v) is 8.59. The van der Waals surface area contributed by atoms with Crippen LogP contribution in [-0.2, 0) is 6.54 Å². The van der Waals surface area contributed by atoms with Crippen molar-refractivity contribution in [3.8, 4) is 10.6 Å². The van der Waals surface area contributed by atoms with Gasteiger partial charge in [-0.2, -0.15) is 0 Å². The summed E-state index contributed by atoms with van der Waals surface area (Å²) in [6, 6.07) is 5.19. The summed E-state index contributed by atoms with van der Waals surface area (Å²) in [6.45, 7) is 5.01. The molecule has 0 spiro atoms. The van der Waals surface area contributed by atoms with E-state index in [0.717, 1.165) is 22.1 Å². The Morgan fingerprint density at radius 1 is 1.40 bits per heavy atom. The van der Waals surface area contributed by atoms with Gasteiger partial charge in [-0.1, -0.05) is 19.9 Å². The van der Waals surface area contributed by atoms with Crippen LogP contribution in [0.1, 0.15) is 30.3 Å². The number of rotatable bonds is 5. The fourth-order valence-corrected chi connectivity index (χ4v) is 4.06. The summed E-state index contributed by atoms with van der Waals surface area (Å²) in [5, 5.41) is 3.94. The number of thiazole rings is 1. The van der Waals surface area contributed by atoms with Crippen molar-refractivity contribution < 1.29 is 4.39 Å². The quantitative estimate of drug-likeness (QED) is 0.822. The summed E-state index contributed by atoms with van der Waals surface area (Å²) in [7, 11) is 1.92. The molecular formula is C15H19FN2S2. The standard InChI is InChI=1S/C15H19FN2S2/c1-9(2)14-12(8-17-3)20-15(18-14)13-10(16)6-5-7-11(13)19-4/h5-7,9,17H,8H2,1-4H3. The number of hydrogen-bond acceptors (Lipinski definition) is 4. The molecule has 5 heteroatoms. The first kappa shape index (κ1) is 15.5. The summed E-state index contributed by atoms with van der Waals surface area (Å²) in [5.41, 5.74) is 1.70. The molecule has 0 aliphatic carbocycles. The zero-order chi connectivity index (χ0) is 14.7. The molecule has 1 heterocycles. The van der Waals surface area contributed by atoms with Crippen LogP contribution in [0.15, 0.2) is 23.1 Å². The van der Waals surface area contributed by atoms with Gasteiger partial charge in [-0.15, -0.1) is 23.1 Å². The van der Waals surface area contributed by atoms with Gasteiger partial charge in [-0.05, 0) is 31.4 Å². The van der Waals surface area contributed by atoms with Crippen molar-refractivity contribution in [3.05, 3.63) is 34.6 Å². The highest BCUT2D eigenvalue weighted by Crippen LogP contribution is 2.37. The highest BCUT2D eigenvalue weighted by molar-refractivity contribution is 7.98. The molecule has 0 fully saturated rings. The maximum atomic E-state index is 14.2. The first-order valence-electron chi connectivity index (χ1n) is 6.55. The topological polar surface area (TPSA) is 24.9 Å². The molecule has 108 valence electrons. The fourth-order valence-electron chi connectivity index (χ4n) is 2.09. The van der Waals surface area contributed by atoms with E-state index in [0.29, 0.717) is 11.5 Å². The summed E-state index contributed by atoms with van der Waals surface area (Å²) >= 11 is 3.13. The smallest absolute Gasteiger partial charge is 0.134 e. The molecule has 2 rings (SSSR count). The molecule has 0 atom stereocenters. The largest absolute Gasteiger partial charge is 0.315 e. The van der Waals surface area contributed by atoms with Crippen molar-refractivity contribution in [2.24, 2.45) is 0 Å². The zero-order valence-corrected chi connectivity index (χ0v) is 13.8. The van der Waals surface area contributed by atoms with Crippen LogP contribution >= 0.6 is 23.1 Å². The van der Waals surface area contributed by atoms with E-state index in [1.165, 1.54) is 10.9 Å². The molecule has 0 amide bonds. The molecule has 1 N–H and O–H groups in total. The predicted octanol–water partition coefficient (Wildman–Crippen LogP) is 4.51. The van der Waals surface area contributed by atoms with Gasteiger partial charge in [-0.3, -0.25) is 0 Å². The highest BCUT2D eigenvalue weighted by Gasteiger charge is 2.19. The summed E-state index contributed by atoms with van der Waals surface area (Å²) in [5.74, 6) is 0.143. The van der Waals surface area contributed by atoms with Crippen molar-refractivity contribution in [2.45, 2.75) is 31.2 Å². The third-order valence-electron chi connectivity index (χ3n) is 3.02. The number of halogens is 1. The second kappa shape index (κ2) is 6.70. The SMILES string of the molecule is CNCc1sc(-c2c(F)cccc2SC)nc1C(C)C. The molecule has 2 nitrogen and oxygen atoms in total. The second-order valence-electron chi connectivity index (χ2n) is 4.83. The van der Waals surface area contributed by atoms with Crippen molar-refractivity contribution in [1.82, 2.24) is 10.3 Å². The Morgan fingerprint density at radius 3 is 2.75 bits per heavy atom. The third kappa shape index (κ3) is 3.05. The molecule has 0 saturated heterocycles. The van der Waals surface area contributed by atoms with E-state index in [1.54, 1.807) is 29.2 Å². The lowest BCUT2D eigenvalue weighted by atomic mass is 10.1. The summed E-state index contributed by atoms with van der Waals surface area (Å²) in [4.78, 5) is 6.82. The zero-order valence-electron chi connectivity index (χ0n) is 12.2. The van der Waals surface area contributed by atoms with Crippen LogP contribution in [0.5, 0.6) is 0 Å². The number of benzene rings is 1. The van der Waals surface area contributed by atoms with Gasteiger partial charge in [0.05, 0.1) is 11.3 Å². The van der Waals surface area contributed by atoms with Crippen LogP contribution < -0.4 is 5.32 Å². The Morgan fingerprint density at radius 2 is 2.15 bits per heavy atom. The van der Waals surface area contributed by atoms with E-state index >= 15 is 0 Å². The molecule has 20 heavy (non-hydrogen) atoms. The van der Waals surface area contributed by atoms with Gasteiger partial charge in [0.25, 0.3) is 0 Å². The monoisotopic (exact) mass is 310 g/mol. The molecule has 0 bridgehead atoms. The van der Waals surface area contributed by atoms with Gasteiger partial charge >= 0.3 is 0 Å². The van der Waals surface area contributed by atoms with Crippen LogP contribution in [0.3, 0.4) is 0 Å². The average molecular weight is 310 g/mol. The van der Waals surface area contributed by atoms with Gasteiger partial charge in [-0.25, -0.2) is 9.37 Å². The first-order chi connectivity index (χ1) is 9.58. The molecule has 0 radical (unpaired) electrons. The maximum Gasteiger partial charge on any atom is 0.134 e. The van der Waals surface area contributed by atoms with E-state index in [2.05, 4.69) is 19.2 Å². The van der Waals surface area contributed by atoms with Crippen LogP contribution in [-0.4, -0.2) is 18.3 Å². The van der Waals surface area contributed by atoms with Gasteiger partial charge < -0.3 is 5.32 Å². The molecule has 0 saturated carbocycles. The van der Waals surface area contributed by atoms with E-state index in [9.17, 15) is 4.39 Å². The van der Waals surface area contributed by atoms with Crippen molar-refractivity contribution >= 4 is 23.1 Å². The van der Waals surface area contributed by atoms with Gasteiger partial charge in [0, 0.05) is 16.3 Å². The minimum Gasteiger partial charge on any atom is -0.315 e. The lowest BCUT2D eigenvalue weighted by Crippen LogP contribution is -2.06. The molecule has 2 aromatic rings.